The van der Waals surface area contributed by atoms with Gasteiger partial charge in [-0.3, -0.25) is 0 Å². The van der Waals surface area contributed by atoms with Gasteiger partial charge in [-0.2, -0.15) is 0 Å². The Hall–Kier alpha value is -2.03. The topological polar surface area (TPSA) is 42.2 Å². The molecule has 0 unspecified atom stereocenters. The average molecular weight is 241 g/mol. The second-order valence-corrected chi connectivity index (χ2v) is 4.69. The van der Waals surface area contributed by atoms with Crippen LogP contribution in [-0.2, 0) is 6.54 Å². The highest BCUT2D eigenvalue weighted by molar-refractivity contribution is 5.52. The first kappa shape index (κ1) is 12.4. The first-order valence-electron chi connectivity index (χ1n) is 6.05. The van der Waals surface area contributed by atoms with Gasteiger partial charge in [-0.15, -0.1) is 0 Å². The third kappa shape index (κ3) is 2.62. The second-order valence-electron chi connectivity index (χ2n) is 4.69. The second kappa shape index (κ2) is 5.08. The molecule has 18 heavy (non-hydrogen) atoms. The normalized spacial score (nSPS) is 10.4. The monoisotopic (exact) mass is 241 g/mol. The minimum atomic E-state index is 0.709. The van der Waals surface area contributed by atoms with E-state index in [2.05, 4.69) is 48.1 Å². The van der Waals surface area contributed by atoms with Crippen molar-refractivity contribution < 1.29 is 0 Å². The van der Waals surface area contributed by atoms with Gasteiger partial charge in [0, 0.05) is 13.6 Å². The molecule has 3 heteroatoms. The van der Waals surface area contributed by atoms with Gasteiger partial charge in [-0.25, -0.2) is 4.98 Å². The number of hydrogen-bond acceptors (Lipinski definition) is 3. The third-order valence-electron chi connectivity index (χ3n) is 3.10. The Morgan fingerprint density at radius 2 is 1.89 bits per heavy atom. The fourth-order valence-corrected chi connectivity index (χ4v) is 2.11. The van der Waals surface area contributed by atoms with Gasteiger partial charge in [0.05, 0.1) is 11.9 Å². The minimum absolute atomic E-state index is 0.709. The van der Waals surface area contributed by atoms with Gasteiger partial charge in [0.25, 0.3) is 0 Å². The number of rotatable bonds is 3. The van der Waals surface area contributed by atoms with Crippen molar-refractivity contribution in [1.29, 1.82) is 0 Å². The maximum atomic E-state index is 5.72. The van der Waals surface area contributed by atoms with Crippen LogP contribution in [0.25, 0.3) is 0 Å². The molecule has 0 aliphatic rings. The van der Waals surface area contributed by atoms with Gasteiger partial charge < -0.3 is 10.6 Å². The summed E-state index contributed by atoms with van der Waals surface area (Å²) in [6.07, 6.45) is 1.71. The SMILES string of the molecule is Cc1ccccc1CN(C)c1ncc(N)cc1C. The van der Waals surface area contributed by atoms with Gasteiger partial charge in [0.1, 0.15) is 5.82 Å². The molecule has 0 radical (unpaired) electrons. The van der Waals surface area contributed by atoms with E-state index in [1.54, 1.807) is 6.20 Å². The van der Waals surface area contributed by atoms with Crippen molar-refractivity contribution in [2.75, 3.05) is 17.7 Å². The zero-order valence-electron chi connectivity index (χ0n) is 11.1. The summed E-state index contributed by atoms with van der Waals surface area (Å²) in [6, 6.07) is 10.4. The van der Waals surface area contributed by atoms with Crippen molar-refractivity contribution in [3.05, 3.63) is 53.2 Å². The van der Waals surface area contributed by atoms with Gasteiger partial charge in [0.2, 0.25) is 0 Å². The Labute approximate surface area is 108 Å². The summed E-state index contributed by atoms with van der Waals surface area (Å²) in [7, 11) is 2.05. The van der Waals surface area contributed by atoms with Crippen molar-refractivity contribution in [2.45, 2.75) is 20.4 Å². The van der Waals surface area contributed by atoms with Crippen LogP contribution >= 0.6 is 0 Å². The quantitative estimate of drug-likeness (QED) is 0.898. The van der Waals surface area contributed by atoms with Crippen LogP contribution in [0.4, 0.5) is 11.5 Å². The predicted molar refractivity (Wildman–Crippen MR) is 76.7 cm³/mol. The maximum absolute atomic E-state index is 5.72. The van der Waals surface area contributed by atoms with Crippen molar-refractivity contribution in [2.24, 2.45) is 0 Å². The first-order valence-corrected chi connectivity index (χ1v) is 6.05. The van der Waals surface area contributed by atoms with Crippen LogP contribution in [0.3, 0.4) is 0 Å². The molecule has 0 atom stereocenters. The fourth-order valence-electron chi connectivity index (χ4n) is 2.11. The predicted octanol–water partition coefficient (Wildman–Crippen LogP) is 2.92. The van der Waals surface area contributed by atoms with E-state index in [4.69, 9.17) is 5.73 Å². The van der Waals surface area contributed by atoms with E-state index >= 15 is 0 Å². The van der Waals surface area contributed by atoms with Gasteiger partial charge >= 0.3 is 0 Å². The van der Waals surface area contributed by atoms with E-state index < -0.39 is 0 Å². The number of hydrogen-bond donors (Lipinski definition) is 1. The summed E-state index contributed by atoms with van der Waals surface area (Å²) in [6.45, 7) is 5.02. The molecule has 0 aliphatic heterocycles. The van der Waals surface area contributed by atoms with Crippen molar-refractivity contribution in [3.8, 4) is 0 Å². The van der Waals surface area contributed by atoms with Gasteiger partial charge in [0.15, 0.2) is 0 Å². The van der Waals surface area contributed by atoms with Crippen molar-refractivity contribution in [3.63, 3.8) is 0 Å². The van der Waals surface area contributed by atoms with Crippen molar-refractivity contribution in [1.82, 2.24) is 4.98 Å². The zero-order valence-corrected chi connectivity index (χ0v) is 11.1. The molecular formula is C15H19N3. The lowest BCUT2D eigenvalue weighted by atomic mass is 10.1. The molecule has 2 aromatic rings. The van der Waals surface area contributed by atoms with Crippen LogP contribution in [0, 0.1) is 13.8 Å². The molecule has 94 valence electrons. The number of nitrogens with two attached hydrogens (primary N) is 1. The number of aryl methyl sites for hydroxylation is 2. The molecular weight excluding hydrogens is 222 g/mol. The lowest BCUT2D eigenvalue weighted by Crippen LogP contribution is -2.19. The van der Waals surface area contributed by atoms with E-state index in [0.717, 1.165) is 17.9 Å². The fraction of sp³-hybridized carbons (Fsp3) is 0.267. The van der Waals surface area contributed by atoms with Crippen LogP contribution in [-0.4, -0.2) is 12.0 Å². The van der Waals surface area contributed by atoms with Crippen LogP contribution in [0.1, 0.15) is 16.7 Å². The highest BCUT2D eigenvalue weighted by Crippen LogP contribution is 2.20. The van der Waals surface area contributed by atoms with E-state index in [-0.39, 0.29) is 0 Å². The summed E-state index contributed by atoms with van der Waals surface area (Å²) >= 11 is 0. The van der Waals surface area contributed by atoms with Gasteiger partial charge in [-0.05, 0) is 36.6 Å². The largest absolute Gasteiger partial charge is 0.397 e. The van der Waals surface area contributed by atoms with Crippen LogP contribution in [0.2, 0.25) is 0 Å². The average Bonchev–Trinajstić information content (AvgIpc) is 2.32. The molecule has 0 saturated heterocycles. The molecule has 0 amide bonds. The molecule has 1 heterocycles. The van der Waals surface area contributed by atoms with Crippen LogP contribution in [0.5, 0.6) is 0 Å². The lowest BCUT2D eigenvalue weighted by Gasteiger charge is -2.21. The Morgan fingerprint density at radius 3 is 2.56 bits per heavy atom. The number of benzene rings is 1. The molecule has 1 aromatic carbocycles. The smallest absolute Gasteiger partial charge is 0.131 e. The van der Waals surface area contributed by atoms with E-state index in [1.807, 2.05) is 13.0 Å². The number of nitrogens with zero attached hydrogens (tertiary/aromatic N) is 2. The van der Waals surface area contributed by atoms with Crippen LogP contribution in [0.15, 0.2) is 36.5 Å². The molecule has 0 saturated carbocycles. The Kier molecular flexibility index (Phi) is 3.51. The van der Waals surface area contributed by atoms with Gasteiger partial charge in [-0.1, -0.05) is 24.3 Å². The minimum Gasteiger partial charge on any atom is -0.397 e. The van der Waals surface area contributed by atoms with E-state index in [1.165, 1.54) is 11.1 Å². The van der Waals surface area contributed by atoms with E-state index in [0.29, 0.717) is 5.69 Å². The molecule has 2 N–H and O–H groups in total. The number of pyridine rings is 1. The summed E-state index contributed by atoms with van der Waals surface area (Å²) in [4.78, 5) is 6.55. The highest BCUT2D eigenvalue weighted by atomic mass is 15.2. The molecule has 2 rings (SSSR count). The summed E-state index contributed by atoms with van der Waals surface area (Å²) in [5.41, 5.74) is 10.2. The van der Waals surface area contributed by atoms with E-state index in [9.17, 15) is 0 Å². The molecule has 0 aliphatic carbocycles. The lowest BCUT2D eigenvalue weighted by molar-refractivity contribution is 0.884. The Balaban J connectivity index is 2.22. The summed E-state index contributed by atoms with van der Waals surface area (Å²) in [5.74, 6) is 0.979. The first-order chi connectivity index (χ1) is 8.58. The Morgan fingerprint density at radius 1 is 1.17 bits per heavy atom. The third-order valence-corrected chi connectivity index (χ3v) is 3.10. The maximum Gasteiger partial charge on any atom is 0.131 e. The summed E-state index contributed by atoms with van der Waals surface area (Å²) in [5, 5.41) is 0. The molecule has 0 bridgehead atoms. The zero-order chi connectivity index (χ0) is 13.1. The highest BCUT2D eigenvalue weighted by Gasteiger charge is 2.08. The van der Waals surface area contributed by atoms with Crippen LogP contribution < -0.4 is 10.6 Å². The number of aromatic nitrogens is 1. The number of anilines is 2. The number of nitrogen functional groups attached to an aromatic ring is 1. The molecule has 3 nitrogen and oxygen atoms in total. The molecule has 1 aromatic heterocycles. The van der Waals surface area contributed by atoms with Crippen molar-refractivity contribution >= 4 is 11.5 Å². The Bertz CT molecular complexity index is 549. The molecule has 0 spiro atoms. The standard InChI is InChI=1S/C15H19N3/c1-11-6-4-5-7-13(11)10-18(3)15-12(2)8-14(16)9-17-15/h4-9H,10,16H2,1-3H3. The molecule has 0 fully saturated rings. The summed E-state index contributed by atoms with van der Waals surface area (Å²) < 4.78 is 0.